The van der Waals surface area contributed by atoms with Crippen LogP contribution in [0.3, 0.4) is 0 Å². The van der Waals surface area contributed by atoms with Crippen LogP contribution in [-0.2, 0) is 6.54 Å². The van der Waals surface area contributed by atoms with Crippen molar-refractivity contribution in [3.05, 3.63) is 58.8 Å². The number of para-hydroxylation sites is 1. The quantitative estimate of drug-likeness (QED) is 0.753. The van der Waals surface area contributed by atoms with Crippen LogP contribution in [0, 0.1) is 13.8 Å². The summed E-state index contributed by atoms with van der Waals surface area (Å²) in [7, 11) is 5.00. The van der Waals surface area contributed by atoms with Gasteiger partial charge in [-0.1, -0.05) is 12.1 Å². The largest absolute Gasteiger partial charge is 0.493 e. The topological polar surface area (TPSA) is 54.6 Å². The van der Waals surface area contributed by atoms with Gasteiger partial charge in [-0.15, -0.1) is 0 Å². The van der Waals surface area contributed by atoms with Gasteiger partial charge in [0.2, 0.25) is 0 Å². The van der Waals surface area contributed by atoms with Gasteiger partial charge in [-0.05, 0) is 43.7 Å². The van der Waals surface area contributed by atoms with Crippen LogP contribution in [0.4, 0.5) is 0 Å². The van der Waals surface area contributed by atoms with Crippen LogP contribution < -0.4 is 9.47 Å². The van der Waals surface area contributed by atoms with E-state index in [0.717, 1.165) is 22.2 Å². The number of ether oxygens (including phenoxy) is 2. The van der Waals surface area contributed by atoms with Crippen molar-refractivity contribution in [2.75, 3.05) is 21.3 Å². The lowest BCUT2D eigenvalue weighted by molar-refractivity contribution is 0.0784. The first-order chi connectivity index (χ1) is 12.5. The molecule has 0 saturated heterocycles. The molecule has 0 saturated carbocycles. The summed E-state index contributed by atoms with van der Waals surface area (Å²) in [4.78, 5) is 17.9. The van der Waals surface area contributed by atoms with E-state index in [1.54, 1.807) is 26.2 Å². The van der Waals surface area contributed by atoms with E-state index in [4.69, 9.17) is 9.47 Å². The Hall–Kier alpha value is -2.95. The Bertz CT molecular complexity index is 959. The van der Waals surface area contributed by atoms with E-state index >= 15 is 0 Å². The molecule has 26 heavy (non-hydrogen) atoms. The highest BCUT2D eigenvalue weighted by Crippen LogP contribution is 2.31. The zero-order chi connectivity index (χ0) is 18.8. The molecule has 1 amide bonds. The number of hydrogen-bond acceptors (Lipinski definition) is 3. The summed E-state index contributed by atoms with van der Waals surface area (Å²) in [5.74, 6) is 1.28. The zero-order valence-corrected chi connectivity index (χ0v) is 15.8. The van der Waals surface area contributed by atoms with Crippen molar-refractivity contribution >= 4 is 16.8 Å². The minimum Gasteiger partial charge on any atom is -0.493 e. The molecule has 136 valence electrons. The van der Waals surface area contributed by atoms with Gasteiger partial charge in [0.15, 0.2) is 11.5 Å². The van der Waals surface area contributed by atoms with E-state index in [2.05, 4.69) is 11.9 Å². The van der Waals surface area contributed by atoms with Crippen molar-refractivity contribution in [2.45, 2.75) is 20.4 Å². The number of aromatic amines is 1. The highest BCUT2D eigenvalue weighted by Gasteiger charge is 2.17. The first-order valence-corrected chi connectivity index (χ1v) is 8.50. The van der Waals surface area contributed by atoms with Gasteiger partial charge >= 0.3 is 0 Å². The fraction of sp³-hybridized carbons (Fsp3) is 0.286. The highest BCUT2D eigenvalue weighted by atomic mass is 16.5. The second-order valence-corrected chi connectivity index (χ2v) is 6.45. The number of nitrogens with one attached hydrogen (secondary N) is 1. The Morgan fingerprint density at radius 2 is 1.88 bits per heavy atom. The number of hydrogen-bond donors (Lipinski definition) is 1. The first kappa shape index (κ1) is 17.9. The predicted octanol–water partition coefficient (Wildman–Crippen LogP) is 4.07. The summed E-state index contributed by atoms with van der Waals surface area (Å²) in [5, 5.41) is 1.08. The number of carbonyl (C=O) groups is 1. The Morgan fingerprint density at radius 1 is 1.12 bits per heavy atom. The van der Waals surface area contributed by atoms with Gasteiger partial charge in [0.25, 0.3) is 5.91 Å². The Morgan fingerprint density at radius 3 is 2.58 bits per heavy atom. The van der Waals surface area contributed by atoms with E-state index < -0.39 is 0 Å². The second kappa shape index (κ2) is 7.12. The molecule has 0 fully saturated rings. The van der Waals surface area contributed by atoms with Crippen LogP contribution >= 0.6 is 0 Å². The number of carbonyl (C=O) groups excluding carboxylic acids is 1. The average Bonchev–Trinajstić information content (AvgIpc) is 2.94. The Kier molecular flexibility index (Phi) is 4.89. The molecule has 5 heteroatoms. The second-order valence-electron chi connectivity index (χ2n) is 6.45. The monoisotopic (exact) mass is 352 g/mol. The van der Waals surface area contributed by atoms with Gasteiger partial charge in [0.05, 0.1) is 14.2 Å². The van der Waals surface area contributed by atoms with Crippen LogP contribution in [0.2, 0.25) is 0 Å². The summed E-state index contributed by atoms with van der Waals surface area (Å²) < 4.78 is 10.8. The lowest BCUT2D eigenvalue weighted by atomic mass is 10.1. The molecule has 0 bridgehead atoms. The molecule has 0 aliphatic rings. The molecule has 0 unspecified atom stereocenters. The SMILES string of the molecule is COc1cccc(CN(C)C(=O)c2ccc3[nH]c(C)c(C)c3c2)c1OC. The molecule has 5 nitrogen and oxygen atoms in total. The summed E-state index contributed by atoms with van der Waals surface area (Å²) in [6.07, 6.45) is 0. The van der Waals surface area contributed by atoms with Gasteiger partial charge in [-0.3, -0.25) is 4.79 Å². The zero-order valence-electron chi connectivity index (χ0n) is 15.8. The minimum absolute atomic E-state index is 0.0324. The van der Waals surface area contributed by atoms with Crippen molar-refractivity contribution < 1.29 is 14.3 Å². The van der Waals surface area contributed by atoms with Gasteiger partial charge in [0, 0.05) is 41.3 Å². The number of amides is 1. The number of nitrogens with zero attached hydrogens (tertiary/aromatic N) is 1. The molecular weight excluding hydrogens is 328 g/mol. The molecule has 3 rings (SSSR count). The third-order valence-electron chi connectivity index (χ3n) is 4.79. The predicted molar refractivity (Wildman–Crippen MR) is 103 cm³/mol. The van der Waals surface area contributed by atoms with Gasteiger partial charge in [0.1, 0.15) is 0 Å². The van der Waals surface area contributed by atoms with Crippen LogP contribution in [-0.4, -0.2) is 37.1 Å². The van der Waals surface area contributed by atoms with Crippen molar-refractivity contribution in [1.82, 2.24) is 9.88 Å². The number of methoxy groups -OCH3 is 2. The maximum absolute atomic E-state index is 12.9. The number of benzene rings is 2. The lowest BCUT2D eigenvalue weighted by Gasteiger charge is -2.20. The molecule has 2 aromatic carbocycles. The summed E-state index contributed by atoms with van der Waals surface area (Å²) in [5.41, 5.74) is 4.92. The average molecular weight is 352 g/mol. The van der Waals surface area contributed by atoms with E-state index in [-0.39, 0.29) is 5.91 Å². The maximum atomic E-state index is 12.9. The van der Waals surface area contributed by atoms with E-state index in [1.807, 2.05) is 43.3 Å². The van der Waals surface area contributed by atoms with Crippen LogP contribution in [0.15, 0.2) is 36.4 Å². The summed E-state index contributed by atoms with van der Waals surface area (Å²) in [6.45, 7) is 4.54. The molecule has 1 aromatic heterocycles. The number of fused-ring (bicyclic) bond motifs is 1. The molecule has 3 aromatic rings. The molecule has 1 N–H and O–H groups in total. The van der Waals surface area contributed by atoms with Crippen molar-refractivity contribution in [2.24, 2.45) is 0 Å². The van der Waals surface area contributed by atoms with Crippen molar-refractivity contribution in [3.63, 3.8) is 0 Å². The number of H-pyrrole nitrogens is 1. The number of aryl methyl sites for hydroxylation is 2. The van der Waals surface area contributed by atoms with Crippen molar-refractivity contribution in [3.8, 4) is 11.5 Å². The molecule has 0 aliphatic carbocycles. The molecule has 0 spiro atoms. The fourth-order valence-corrected chi connectivity index (χ4v) is 3.22. The fourth-order valence-electron chi connectivity index (χ4n) is 3.22. The maximum Gasteiger partial charge on any atom is 0.253 e. The highest BCUT2D eigenvalue weighted by molar-refractivity contribution is 5.99. The van der Waals surface area contributed by atoms with Crippen LogP contribution in [0.5, 0.6) is 11.5 Å². The summed E-state index contributed by atoms with van der Waals surface area (Å²) in [6, 6.07) is 11.5. The smallest absolute Gasteiger partial charge is 0.253 e. The van der Waals surface area contributed by atoms with Gasteiger partial charge in [-0.2, -0.15) is 0 Å². The van der Waals surface area contributed by atoms with E-state index in [1.165, 1.54) is 5.56 Å². The third-order valence-corrected chi connectivity index (χ3v) is 4.79. The van der Waals surface area contributed by atoms with E-state index in [9.17, 15) is 4.79 Å². The molecule has 0 radical (unpaired) electrons. The molecule has 0 atom stereocenters. The molecular formula is C21H24N2O3. The number of rotatable bonds is 5. The van der Waals surface area contributed by atoms with Gasteiger partial charge in [-0.25, -0.2) is 0 Å². The lowest BCUT2D eigenvalue weighted by Crippen LogP contribution is -2.26. The Balaban J connectivity index is 1.88. The first-order valence-electron chi connectivity index (χ1n) is 8.50. The van der Waals surface area contributed by atoms with Crippen LogP contribution in [0.1, 0.15) is 27.2 Å². The van der Waals surface area contributed by atoms with Crippen LogP contribution in [0.25, 0.3) is 10.9 Å². The van der Waals surface area contributed by atoms with Gasteiger partial charge < -0.3 is 19.4 Å². The number of aromatic nitrogens is 1. The summed E-state index contributed by atoms with van der Waals surface area (Å²) >= 11 is 0. The van der Waals surface area contributed by atoms with E-state index in [0.29, 0.717) is 23.6 Å². The molecule has 0 aliphatic heterocycles. The Labute approximate surface area is 153 Å². The normalized spacial score (nSPS) is 10.8. The van der Waals surface area contributed by atoms with Crippen molar-refractivity contribution in [1.29, 1.82) is 0 Å². The third kappa shape index (κ3) is 3.12. The standard InChI is InChI=1S/C21H24N2O3/c1-13-14(2)22-18-10-9-15(11-17(13)18)21(24)23(3)12-16-7-6-8-19(25-4)20(16)26-5/h6-11,22H,12H2,1-5H3. The molecule has 1 heterocycles. The minimum atomic E-state index is -0.0324.